The molecule has 3 aromatic rings. The number of para-hydroxylation sites is 1. The second kappa shape index (κ2) is 6.59. The van der Waals surface area contributed by atoms with Gasteiger partial charge in [-0.2, -0.15) is 0 Å². The lowest BCUT2D eigenvalue weighted by Gasteiger charge is -2.22. The number of aryl methyl sites for hydroxylation is 1. The van der Waals surface area contributed by atoms with Crippen molar-refractivity contribution in [3.05, 3.63) is 77.5 Å². The number of hydrogen-bond donors (Lipinski definition) is 1. The van der Waals surface area contributed by atoms with Crippen LogP contribution in [0.15, 0.2) is 60.7 Å². The lowest BCUT2D eigenvalue weighted by atomic mass is 10.1. The molecule has 4 rings (SSSR count). The monoisotopic (exact) mass is 344 g/mol. The second-order valence-corrected chi connectivity index (χ2v) is 6.65. The van der Waals surface area contributed by atoms with Gasteiger partial charge in [-0.15, -0.1) is 10.2 Å². The van der Waals surface area contributed by atoms with Gasteiger partial charge in [-0.25, -0.2) is 0 Å². The van der Waals surface area contributed by atoms with Gasteiger partial charge in [0.2, 0.25) is 0 Å². The van der Waals surface area contributed by atoms with Crippen molar-refractivity contribution in [2.75, 3.05) is 10.2 Å². The van der Waals surface area contributed by atoms with Crippen LogP contribution in [0.4, 0.5) is 17.2 Å². The van der Waals surface area contributed by atoms with Crippen LogP contribution in [0, 0.1) is 6.92 Å². The van der Waals surface area contributed by atoms with Gasteiger partial charge in [0.25, 0.3) is 5.91 Å². The molecule has 1 amide bonds. The fourth-order valence-corrected chi connectivity index (χ4v) is 3.30. The van der Waals surface area contributed by atoms with E-state index in [0.717, 1.165) is 17.8 Å². The van der Waals surface area contributed by atoms with Gasteiger partial charge in [-0.1, -0.05) is 35.9 Å². The van der Waals surface area contributed by atoms with Crippen LogP contribution in [0.5, 0.6) is 0 Å². The molecular formula is C21H20N4O. The molecule has 1 aliphatic rings. The maximum atomic E-state index is 12.9. The SMILES string of the molecule is Cc1ccc(Nc2ccc(C(=O)N3c4ccccc4CC3C)nn2)cc1. The number of benzene rings is 2. The van der Waals surface area contributed by atoms with Gasteiger partial charge in [-0.05, 0) is 56.2 Å². The molecule has 2 heterocycles. The Morgan fingerprint density at radius 1 is 1.04 bits per heavy atom. The van der Waals surface area contributed by atoms with Crippen LogP contribution in [-0.4, -0.2) is 22.1 Å². The highest BCUT2D eigenvalue weighted by Gasteiger charge is 2.31. The first-order valence-corrected chi connectivity index (χ1v) is 8.71. The van der Waals surface area contributed by atoms with Crippen molar-refractivity contribution in [1.29, 1.82) is 0 Å². The van der Waals surface area contributed by atoms with Crippen LogP contribution < -0.4 is 10.2 Å². The molecule has 5 nitrogen and oxygen atoms in total. The Bertz CT molecular complexity index is 935. The highest BCUT2D eigenvalue weighted by molar-refractivity contribution is 6.06. The van der Waals surface area contributed by atoms with Crippen molar-refractivity contribution < 1.29 is 4.79 Å². The first-order valence-electron chi connectivity index (χ1n) is 8.71. The van der Waals surface area contributed by atoms with E-state index in [0.29, 0.717) is 11.5 Å². The summed E-state index contributed by atoms with van der Waals surface area (Å²) >= 11 is 0. The fraction of sp³-hybridized carbons (Fsp3) is 0.190. The normalized spacial score (nSPS) is 15.6. The van der Waals surface area contributed by atoms with Crippen LogP contribution in [0.1, 0.15) is 28.5 Å². The lowest BCUT2D eigenvalue weighted by Crippen LogP contribution is -2.36. The average molecular weight is 344 g/mol. The smallest absolute Gasteiger partial charge is 0.279 e. The molecule has 2 aromatic carbocycles. The van der Waals surface area contributed by atoms with E-state index >= 15 is 0 Å². The predicted octanol–water partition coefficient (Wildman–Crippen LogP) is 4.12. The van der Waals surface area contributed by atoms with Gasteiger partial charge in [0.05, 0.1) is 0 Å². The zero-order chi connectivity index (χ0) is 18.1. The molecule has 0 bridgehead atoms. The molecule has 1 aromatic heterocycles. The van der Waals surface area contributed by atoms with Gasteiger partial charge in [0, 0.05) is 17.4 Å². The van der Waals surface area contributed by atoms with Crippen molar-refractivity contribution >= 4 is 23.1 Å². The minimum atomic E-state index is -0.114. The number of nitrogens with one attached hydrogen (secondary N) is 1. The first kappa shape index (κ1) is 16.3. The van der Waals surface area contributed by atoms with E-state index in [1.807, 2.05) is 54.3 Å². The number of anilines is 3. The molecule has 1 unspecified atom stereocenters. The van der Waals surface area contributed by atoms with Gasteiger partial charge in [-0.3, -0.25) is 4.79 Å². The molecule has 0 fully saturated rings. The summed E-state index contributed by atoms with van der Waals surface area (Å²) in [6.45, 7) is 4.10. The predicted molar refractivity (Wildman–Crippen MR) is 103 cm³/mol. The lowest BCUT2D eigenvalue weighted by molar-refractivity contribution is 0.0975. The van der Waals surface area contributed by atoms with Crippen molar-refractivity contribution in [1.82, 2.24) is 10.2 Å². The summed E-state index contributed by atoms with van der Waals surface area (Å²) in [6, 6.07) is 19.7. The van der Waals surface area contributed by atoms with Crippen LogP contribution in [-0.2, 0) is 6.42 Å². The molecule has 130 valence electrons. The Labute approximate surface area is 152 Å². The van der Waals surface area contributed by atoms with Crippen molar-refractivity contribution in [2.45, 2.75) is 26.3 Å². The minimum Gasteiger partial charge on any atom is -0.339 e. The third kappa shape index (κ3) is 3.04. The standard InChI is InChI=1S/C21H20N4O/c1-14-7-9-17(10-8-14)22-20-12-11-18(23-24-20)21(26)25-15(2)13-16-5-3-4-6-19(16)25/h3-12,15H,13H2,1-2H3,(H,22,24). The van der Waals surface area contributed by atoms with E-state index in [4.69, 9.17) is 0 Å². The van der Waals surface area contributed by atoms with E-state index in [1.54, 1.807) is 12.1 Å². The van der Waals surface area contributed by atoms with Crippen molar-refractivity contribution in [3.63, 3.8) is 0 Å². The zero-order valence-electron chi connectivity index (χ0n) is 14.8. The number of carbonyl (C=O) groups excluding carboxylic acids is 1. The zero-order valence-corrected chi connectivity index (χ0v) is 14.8. The van der Waals surface area contributed by atoms with Crippen LogP contribution >= 0.6 is 0 Å². The van der Waals surface area contributed by atoms with E-state index in [2.05, 4.69) is 28.5 Å². The van der Waals surface area contributed by atoms with E-state index in [9.17, 15) is 4.79 Å². The number of amides is 1. The Hall–Kier alpha value is -3.21. The third-order valence-electron chi connectivity index (χ3n) is 4.63. The summed E-state index contributed by atoms with van der Waals surface area (Å²) in [5.41, 5.74) is 4.64. The maximum Gasteiger partial charge on any atom is 0.279 e. The molecule has 1 atom stereocenters. The van der Waals surface area contributed by atoms with Crippen molar-refractivity contribution in [3.8, 4) is 0 Å². The van der Waals surface area contributed by atoms with Crippen LogP contribution in [0.2, 0.25) is 0 Å². The number of hydrogen-bond acceptors (Lipinski definition) is 4. The summed E-state index contributed by atoms with van der Waals surface area (Å²) in [6.07, 6.45) is 0.863. The topological polar surface area (TPSA) is 58.1 Å². The Kier molecular flexibility index (Phi) is 4.13. The molecule has 0 saturated heterocycles. The van der Waals surface area contributed by atoms with Crippen molar-refractivity contribution in [2.24, 2.45) is 0 Å². The van der Waals surface area contributed by atoms with E-state index in [1.165, 1.54) is 11.1 Å². The first-order chi connectivity index (χ1) is 12.6. The number of aromatic nitrogens is 2. The largest absolute Gasteiger partial charge is 0.339 e. The van der Waals surface area contributed by atoms with E-state index in [-0.39, 0.29) is 11.9 Å². The van der Waals surface area contributed by atoms with Gasteiger partial charge < -0.3 is 10.2 Å². The summed E-state index contributed by atoms with van der Waals surface area (Å²) in [7, 11) is 0. The van der Waals surface area contributed by atoms with Gasteiger partial charge in [0.1, 0.15) is 0 Å². The second-order valence-electron chi connectivity index (χ2n) is 6.65. The molecular weight excluding hydrogens is 324 g/mol. The molecule has 26 heavy (non-hydrogen) atoms. The van der Waals surface area contributed by atoms with Crippen LogP contribution in [0.3, 0.4) is 0 Å². The summed E-state index contributed by atoms with van der Waals surface area (Å²) in [4.78, 5) is 14.7. The molecule has 5 heteroatoms. The Morgan fingerprint density at radius 3 is 2.54 bits per heavy atom. The van der Waals surface area contributed by atoms with Gasteiger partial charge >= 0.3 is 0 Å². The molecule has 1 aliphatic heterocycles. The minimum absolute atomic E-state index is 0.114. The van der Waals surface area contributed by atoms with Crippen LogP contribution in [0.25, 0.3) is 0 Å². The molecule has 0 spiro atoms. The molecule has 1 N–H and O–H groups in total. The maximum absolute atomic E-state index is 12.9. The number of rotatable bonds is 3. The summed E-state index contributed by atoms with van der Waals surface area (Å²) in [5, 5.41) is 11.5. The highest BCUT2D eigenvalue weighted by Crippen LogP contribution is 2.32. The summed E-state index contributed by atoms with van der Waals surface area (Å²) in [5.74, 6) is 0.497. The summed E-state index contributed by atoms with van der Waals surface area (Å²) < 4.78 is 0. The third-order valence-corrected chi connectivity index (χ3v) is 4.63. The number of fused-ring (bicyclic) bond motifs is 1. The number of carbonyl (C=O) groups is 1. The average Bonchev–Trinajstić information content (AvgIpc) is 2.99. The van der Waals surface area contributed by atoms with Gasteiger partial charge in [0.15, 0.2) is 11.5 Å². The molecule has 0 aliphatic carbocycles. The molecule has 0 saturated carbocycles. The Morgan fingerprint density at radius 2 is 1.81 bits per heavy atom. The molecule has 0 radical (unpaired) electrons. The van der Waals surface area contributed by atoms with E-state index < -0.39 is 0 Å². The highest BCUT2D eigenvalue weighted by atomic mass is 16.2. The fourth-order valence-electron chi connectivity index (χ4n) is 3.30. The number of nitrogens with zero attached hydrogens (tertiary/aromatic N) is 3. The Balaban J connectivity index is 1.53. The quantitative estimate of drug-likeness (QED) is 0.776.